The molecule has 0 radical (unpaired) electrons. The van der Waals surface area contributed by atoms with Crippen molar-refractivity contribution in [3.8, 4) is 6.07 Å². The molecule has 7 nitrogen and oxygen atoms in total. The minimum absolute atomic E-state index is 0.0134. The summed E-state index contributed by atoms with van der Waals surface area (Å²) in [7, 11) is 2.01. The predicted molar refractivity (Wildman–Crippen MR) is 149 cm³/mol. The molecule has 2 fully saturated rings. The zero-order valence-electron chi connectivity index (χ0n) is 23.0. The zero-order valence-corrected chi connectivity index (χ0v) is 23.0. The quantitative estimate of drug-likeness (QED) is 0.454. The van der Waals surface area contributed by atoms with E-state index in [0.29, 0.717) is 43.7 Å². The fourth-order valence-electron chi connectivity index (χ4n) is 6.59. The second-order valence-electron chi connectivity index (χ2n) is 12.1. The van der Waals surface area contributed by atoms with Gasteiger partial charge in [0.1, 0.15) is 12.5 Å². The number of likely N-dealkylation sites (N-methyl/N-ethyl adjacent to an activating group) is 1. The lowest BCUT2D eigenvalue weighted by Gasteiger charge is -2.41. The number of hydrogen-bond donors (Lipinski definition) is 2. The van der Waals surface area contributed by atoms with E-state index in [1.54, 1.807) is 11.1 Å². The molecule has 1 aromatic carbocycles. The molecule has 6 rings (SSSR count). The number of nitrogens with zero attached hydrogens (tertiary/aromatic N) is 5. The van der Waals surface area contributed by atoms with E-state index in [4.69, 9.17) is 5.26 Å². The summed E-state index contributed by atoms with van der Waals surface area (Å²) >= 11 is 0. The molecule has 0 amide bonds. The van der Waals surface area contributed by atoms with Crippen molar-refractivity contribution in [1.82, 2.24) is 20.5 Å². The number of halogens is 3. The van der Waals surface area contributed by atoms with E-state index in [-0.39, 0.29) is 17.2 Å². The van der Waals surface area contributed by atoms with E-state index in [0.717, 1.165) is 49.2 Å². The normalized spacial score (nSPS) is 25.9. The summed E-state index contributed by atoms with van der Waals surface area (Å²) in [6, 6.07) is 10.4. The number of rotatable bonds is 8. The van der Waals surface area contributed by atoms with Crippen molar-refractivity contribution in [2.75, 3.05) is 31.8 Å². The molecule has 10 heteroatoms. The van der Waals surface area contributed by atoms with Crippen LogP contribution in [0, 0.1) is 23.2 Å². The first-order valence-corrected chi connectivity index (χ1v) is 14.1. The minimum atomic E-state index is -4.45. The second-order valence-corrected chi connectivity index (χ2v) is 12.1. The second kappa shape index (κ2) is 10.2. The number of anilines is 1. The SMILES string of the molecule is CN1CNN=C1[C@@H](c1cccc(N2C=C3C(C(F)(F)F)=CC(CNC4(C)CCC4)=CN3C2)c1)C1CC(CC#N)C1. The predicted octanol–water partition coefficient (Wildman–Crippen LogP) is 5.36. The smallest absolute Gasteiger partial charge is 0.342 e. The van der Waals surface area contributed by atoms with Crippen molar-refractivity contribution in [3.63, 3.8) is 0 Å². The maximum atomic E-state index is 14.2. The van der Waals surface area contributed by atoms with Gasteiger partial charge in [-0.15, -0.1) is 0 Å². The van der Waals surface area contributed by atoms with Gasteiger partial charge in [-0.2, -0.15) is 23.5 Å². The average molecular weight is 552 g/mol. The Morgan fingerprint density at radius 3 is 2.67 bits per heavy atom. The molecule has 2 saturated carbocycles. The Bertz CT molecular complexity index is 1310. The molecule has 0 unspecified atom stereocenters. The Labute approximate surface area is 233 Å². The third-order valence-electron chi connectivity index (χ3n) is 9.16. The van der Waals surface area contributed by atoms with Crippen LogP contribution in [0.5, 0.6) is 0 Å². The molecule has 0 aromatic heterocycles. The molecule has 1 aromatic rings. The van der Waals surface area contributed by atoms with Crippen LogP contribution in [0.1, 0.15) is 56.9 Å². The lowest BCUT2D eigenvalue weighted by molar-refractivity contribution is -0.0911. The van der Waals surface area contributed by atoms with Gasteiger partial charge in [-0.25, -0.2) is 0 Å². The van der Waals surface area contributed by atoms with Crippen molar-refractivity contribution >= 4 is 11.5 Å². The highest BCUT2D eigenvalue weighted by Gasteiger charge is 2.43. The number of hydrogen-bond acceptors (Lipinski definition) is 7. The van der Waals surface area contributed by atoms with Crippen LogP contribution in [0.4, 0.5) is 18.9 Å². The van der Waals surface area contributed by atoms with Crippen LogP contribution >= 0.6 is 0 Å². The summed E-state index contributed by atoms with van der Waals surface area (Å²) in [6.45, 7) is 3.50. The third-order valence-corrected chi connectivity index (χ3v) is 9.16. The van der Waals surface area contributed by atoms with E-state index >= 15 is 0 Å². The van der Waals surface area contributed by atoms with Crippen molar-refractivity contribution in [1.29, 1.82) is 5.26 Å². The highest BCUT2D eigenvalue weighted by Crippen LogP contribution is 2.47. The van der Waals surface area contributed by atoms with Crippen LogP contribution < -0.4 is 15.6 Å². The molecule has 40 heavy (non-hydrogen) atoms. The average Bonchev–Trinajstić information content (AvgIpc) is 3.50. The standard InChI is InChI=1S/C30H36F3N7/c1-29(8-4-9-29)35-15-21-13-25(30(31,32)33)26-17-39(19-40(26)16-21)24-6-3-5-22(14-24)27(28-37-36-18-38(28)2)23-11-20(12-23)7-10-34/h3,5-6,13-14,16-17,20,23,27,35-36H,4,7-9,11-12,15,18-19H2,1-2H3/t20?,23?,27-/m0/s1. The van der Waals surface area contributed by atoms with Gasteiger partial charge in [-0.3, -0.25) is 5.43 Å². The Hall–Kier alpha value is -3.45. The Morgan fingerprint density at radius 1 is 1.23 bits per heavy atom. The monoisotopic (exact) mass is 551 g/mol. The zero-order chi connectivity index (χ0) is 28.1. The van der Waals surface area contributed by atoms with Gasteiger partial charge in [-0.05, 0) is 80.2 Å². The number of allylic oxidation sites excluding steroid dienone is 1. The van der Waals surface area contributed by atoms with Gasteiger partial charge in [0.2, 0.25) is 0 Å². The Kier molecular flexibility index (Phi) is 6.81. The first kappa shape index (κ1) is 26.8. The fourth-order valence-corrected chi connectivity index (χ4v) is 6.59. The van der Waals surface area contributed by atoms with E-state index in [1.165, 1.54) is 6.08 Å². The molecule has 2 N–H and O–H groups in total. The summed E-state index contributed by atoms with van der Waals surface area (Å²) in [6.07, 6.45) is 6.07. The van der Waals surface area contributed by atoms with Crippen molar-refractivity contribution < 1.29 is 13.2 Å². The van der Waals surface area contributed by atoms with Crippen LogP contribution in [0.3, 0.4) is 0 Å². The number of benzene rings is 1. The van der Waals surface area contributed by atoms with E-state index in [1.807, 2.05) is 30.3 Å². The van der Waals surface area contributed by atoms with E-state index < -0.39 is 11.7 Å². The summed E-state index contributed by atoms with van der Waals surface area (Å²) in [5.41, 5.74) is 5.24. The Morgan fingerprint density at radius 2 is 2.02 bits per heavy atom. The maximum Gasteiger partial charge on any atom is 0.418 e. The van der Waals surface area contributed by atoms with Gasteiger partial charge in [-0.1, -0.05) is 12.1 Å². The lowest BCUT2D eigenvalue weighted by atomic mass is 9.65. The van der Waals surface area contributed by atoms with Crippen LogP contribution in [-0.4, -0.2) is 54.3 Å². The fraction of sp³-hybridized carbons (Fsp3) is 0.533. The number of nitrogens with one attached hydrogen (secondary N) is 2. The topological polar surface area (TPSA) is 69.9 Å². The van der Waals surface area contributed by atoms with Gasteiger partial charge in [0.15, 0.2) is 0 Å². The number of amidine groups is 1. The van der Waals surface area contributed by atoms with E-state index in [9.17, 15) is 13.2 Å². The maximum absolute atomic E-state index is 14.2. The van der Waals surface area contributed by atoms with Gasteiger partial charge in [0.05, 0.1) is 24.0 Å². The molecule has 212 valence electrons. The number of alkyl halides is 3. The van der Waals surface area contributed by atoms with Crippen LogP contribution in [0.25, 0.3) is 0 Å². The first-order chi connectivity index (χ1) is 19.1. The van der Waals surface area contributed by atoms with Crippen molar-refractivity contribution in [2.45, 2.75) is 63.1 Å². The molecule has 0 bridgehead atoms. The summed E-state index contributed by atoms with van der Waals surface area (Å²) in [5.74, 6) is 1.81. The molecule has 5 aliphatic rings. The van der Waals surface area contributed by atoms with Crippen LogP contribution in [-0.2, 0) is 0 Å². The molecule has 2 aliphatic carbocycles. The van der Waals surface area contributed by atoms with Crippen LogP contribution in [0.2, 0.25) is 0 Å². The van der Waals surface area contributed by atoms with Crippen molar-refractivity contribution in [3.05, 3.63) is 65.1 Å². The molecule has 3 heterocycles. The highest BCUT2D eigenvalue weighted by molar-refractivity contribution is 5.90. The number of hydrazone groups is 1. The summed E-state index contributed by atoms with van der Waals surface area (Å²) in [5, 5.41) is 17.2. The van der Waals surface area contributed by atoms with Gasteiger partial charge in [0.25, 0.3) is 0 Å². The molecular formula is C30H36F3N7. The van der Waals surface area contributed by atoms with E-state index in [2.05, 4.69) is 45.9 Å². The van der Waals surface area contributed by atoms with Gasteiger partial charge in [0, 0.05) is 49.6 Å². The Balaban J connectivity index is 1.25. The largest absolute Gasteiger partial charge is 0.418 e. The van der Waals surface area contributed by atoms with Crippen LogP contribution in [0.15, 0.2) is 64.7 Å². The molecular weight excluding hydrogens is 515 g/mol. The molecule has 0 saturated heterocycles. The molecule has 0 spiro atoms. The minimum Gasteiger partial charge on any atom is -0.342 e. The number of fused-ring (bicyclic) bond motifs is 1. The first-order valence-electron chi connectivity index (χ1n) is 14.1. The lowest BCUT2D eigenvalue weighted by Crippen LogP contribution is -2.49. The summed E-state index contributed by atoms with van der Waals surface area (Å²) < 4.78 is 42.6. The third kappa shape index (κ3) is 5.07. The number of nitriles is 1. The van der Waals surface area contributed by atoms with Crippen molar-refractivity contribution in [2.24, 2.45) is 16.9 Å². The van der Waals surface area contributed by atoms with Gasteiger partial charge < -0.3 is 20.0 Å². The van der Waals surface area contributed by atoms with Gasteiger partial charge >= 0.3 is 6.18 Å². The summed E-state index contributed by atoms with van der Waals surface area (Å²) in [4.78, 5) is 5.72. The molecule has 3 aliphatic heterocycles. The molecule has 1 atom stereocenters. The highest BCUT2D eigenvalue weighted by atomic mass is 19.4.